The molecule has 1 heterocycles. The zero-order valence-corrected chi connectivity index (χ0v) is 10.6. The van der Waals surface area contributed by atoms with Gasteiger partial charge in [0.2, 0.25) is 0 Å². The number of hydrogen-bond donors (Lipinski definition) is 1. The van der Waals surface area contributed by atoms with Crippen molar-refractivity contribution in [2.45, 2.75) is 26.1 Å². The average Bonchev–Trinajstić information content (AvgIpc) is 2.89. The zero-order valence-electron chi connectivity index (χ0n) is 9.80. The van der Waals surface area contributed by atoms with Crippen LogP contribution in [0, 0.1) is 0 Å². The average molecular weight is 248 g/mol. The summed E-state index contributed by atoms with van der Waals surface area (Å²) in [6, 6.07) is 11.7. The van der Waals surface area contributed by atoms with E-state index in [0.29, 0.717) is 13.0 Å². The van der Waals surface area contributed by atoms with E-state index >= 15 is 0 Å². The van der Waals surface area contributed by atoms with Gasteiger partial charge in [0.15, 0.2) is 0 Å². The third-order valence-corrected chi connectivity index (χ3v) is 3.46. The molecule has 0 unspecified atom stereocenters. The summed E-state index contributed by atoms with van der Waals surface area (Å²) >= 11 is 1.67. The van der Waals surface area contributed by atoms with Crippen LogP contribution in [0.5, 0.6) is 5.75 Å². The van der Waals surface area contributed by atoms with Gasteiger partial charge in [-0.1, -0.05) is 31.2 Å². The van der Waals surface area contributed by atoms with E-state index in [1.54, 1.807) is 11.3 Å². The normalized spacial score (nSPS) is 12.4. The van der Waals surface area contributed by atoms with Crippen LogP contribution in [0.1, 0.15) is 29.9 Å². The van der Waals surface area contributed by atoms with Gasteiger partial charge in [0, 0.05) is 10.4 Å². The Hall–Kier alpha value is -1.32. The molecule has 0 spiro atoms. The molecule has 2 rings (SSSR count). The highest BCUT2D eigenvalue weighted by atomic mass is 32.1. The molecule has 0 saturated carbocycles. The van der Waals surface area contributed by atoms with Gasteiger partial charge in [-0.15, -0.1) is 11.3 Å². The van der Waals surface area contributed by atoms with Crippen LogP contribution in [0.3, 0.4) is 0 Å². The molecule has 1 atom stereocenters. The van der Waals surface area contributed by atoms with Crippen molar-refractivity contribution >= 4 is 11.3 Å². The summed E-state index contributed by atoms with van der Waals surface area (Å²) in [5.74, 6) is 0.773. The Balaban J connectivity index is 2.09. The number of aliphatic hydroxyl groups excluding tert-OH is 1. The molecule has 2 nitrogen and oxygen atoms in total. The minimum absolute atomic E-state index is 0.450. The van der Waals surface area contributed by atoms with E-state index in [1.807, 2.05) is 48.7 Å². The molecule has 17 heavy (non-hydrogen) atoms. The highest BCUT2D eigenvalue weighted by molar-refractivity contribution is 7.09. The number of benzene rings is 1. The third-order valence-electron chi connectivity index (χ3n) is 2.61. The largest absolute Gasteiger partial charge is 0.488 e. The van der Waals surface area contributed by atoms with Crippen LogP contribution in [0.15, 0.2) is 41.8 Å². The van der Waals surface area contributed by atoms with Gasteiger partial charge in [-0.05, 0) is 23.9 Å². The third kappa shape index (κ3) is 3.08. The van der Waals surface area contributed by atoms with E-state index in [-0.39, 0.29) is 0 Å². The number of para-hydroxylation sites is 1. The maximum atomic E-state index is 9.89. The van der Waals surface area contributed by atoms with E-state index in [2.05, 4.69) is 0 Å². The zero-order chi connectivity index (χ0) is 12.1. The van der Waals surface area contributed by atoms with Crippen molar-refractivity contribution in [2.75, 3.05) is 0 Å². The lowest BCUT2D eigenvalue weighted by atomic mass is 10.1. The fourth-order valence-corrected chi connectivity index (χ4v) is 2.27. The minimum atomic E-state index is -0.450. The number of thiophene rings is 1. The van der Waals surface area contributed by atoms with Crippen LogP contribution in [0.4, 0.5) is 0 Å². The lowest BCUT2D eigenvalue weighted by Crippen LogP contribution is -2.01. The first-order valence-electron chi connectivity index (χ1n) is 5.73. The molecule has 90 valence electrons. The van der Waals surface area contributed by atoms with Gasteiger partial charge in [-0.2, -0.15) is 0 Å². The Labute approximate surface area is 105 Å². The van der Waals surface area contributed by atoms with Crippen LogP contribution in [0.2, 0.25) is 0 Å². The van der Waals surface area contributed by atoms with Crippen LogP contribution >= 0.6 is 11.3 Å². The number of hydrogen-bond acceptors (Lipinski definition) is 3. The van der Waals surface area contributed by atoms with Gasteiger partial charge in [0.1, 0.15) is 12.4 Å². The van der Waals surface area contributed by atoms with Crippen molar-refractivity contribution in [1.82, 2.24) is 0 Å². The highest BCUT2D eigenvalue weighted by Gasteiger charge is 2.10. The minimum Gasteiger partial charge on any atom is -0.488 e. The highest BCUT2D eigenvalue weighted by Crippen LogP contribution is 2.27. The van der Waals surface area contributed by atoms with E-state index in [9.17, 15) is 5.11 Å². The predicted octanol–water partition coefficient (Wildman–Crippen LogP) is 3.77. The Morgan fingerprint density at radius 2 is 2.06 bits per heavy atom. The van der Waals surface area contributed by atoms with Crippen molar-refractivity contribution in [3.8, 4) is 5.75 Å². The molecule has 2 aromatic rings. The fraction of sp³-hybridized carbons (Fsp3) is 0.286. The van der Waals surface area contributed by atoms with Gasteiger partial charge >= 0.3 is 0 Å². The van der Waals surface area contributed by atoms with E-state index in [4.69, 9.17) is 4.74 Å². The van der Waals surface area contributed by atoms with Crippen molar-refractivity contribution in [1.29, 1.82) is 0 Å². The lowest BCUT2D eigenvalue weighted by molar-refractivity contribution is 0.166. The Morgan fingerprint density at radius 3 is 2.76 bits per heavy atom. The Bertz CT molecular complexity index is 451. The second kappa shape index (κ2) is 5.84. The Kier molecular flexibility index (Phi) is 4.18. The summed E-state index contributed by atoms with van der Waals surface area (Å²) < 4.78 is 5.75. The van der Waals surface area contributed by atoms with Crippen LogP contribution in [-0.4, -0.2) is 5.11 Å². The molecule has 0 aliphatic rings. The molecule has 0 aliphatic heterocycles. The van der Waals surface area contributed by atoms with Gasteiger partial charge in [-0.25, -0.2) is 0 Å². The number of ether oxygens (including phenoxy) is 1. The summed E-state index contributed by atoms with van der Waals surface area (Å²) in [5.41, 5.74) is 0.867. The predicted molar refractivity (Wildman–Crippen MR) is 70.3 cm³/mol. The Morgan fingerprint density at radius 1 is 1.24 bits per heavy atom. The topological polar surface area (TPSA) is 29.5 Å². The maximum Gasteiger partial charge on any atom is 0.125 e. The van der Waals surface area contributed by atoms with Crippen molar-refractivity contribution in [3.05, 3.63) is 52.2 Å². The second-order valence-electron chi connectivity index (χ2n) is 3.83. The molecule has 0 aliphatic carbocycles. The standard InChI is InChI=1S/C14H16O2S/c1-2-13(15)12-7-3-4-8-14(12)16-10-11-6-5-9-17-11/h3-9,13,15H,2,10H2,1H3/t13-/m1/s1. The van der Waals surface area contributed by atoms with Crippen molar-refractivity contribution in [2.24, 2.45) is 0 Å². The summed E-state index contributed by atoms with van der Waals surface area (Å²) in [6.07, 6.45) is 0.244. The SMILES string of the molecule is CC[C@@H](O)c1ccccc1OCc1cccs1. The van der Waals surface area contributed by atoms with Crippen molar-refractivity contribution in [3.63, 3.8) is 0 Å². The first-order chi connectivity index (χ1) is 8.31. The van der Waals surface area contributed by atoms with Crippen molar-refractivity contribution < 1.29 is 9.84 Å². The first kappa shape index (κ1) is 12.1. The molecule has 0 fully saturated rings. The van der Waals surface area contributed by atoms with Gasteiger partial charge in [0.25, 0.3) is 0 Å². The molecule has 1 N–H and O–H groups in total. The monoisotopic (exact) mass is 248 g/mol. The molecular weight excluding hydrogens is 232 g/mol. The smallest absolute Gasteiger partial charge is 0.125 e. The number of aliphatic hydroxyl groups is 1. The van der Waals surface area contributed by atoms with E-state index in [0.717, 1.165) is 11.3 Å². The quantitative estimate of drug-likeness (QED) is 0.872. The van der Waals surface area contributed by atoms with Crippen LogP contribution in [-0.2, 0) is 6.61 Å². The van der Waals surface area contributed by atoms with Crippen LogP contribution in [0.25, 0.3) is 0 Å². The molecule has 0 radical (unpaired) electrons. The summed E-state index contributed by atoms with van der Waals surface area (Å²) in [7, 11) is 0. The summed E-state index contributed by atoms with van der Waals surface area (Å²) in [5, 5.41) is 11.9. The molecule has 3 heteroatoms. The number of rotatable bonds is 5. The van der Waals surface area contributed by atoms with Gasteiger partial charge < -0.3 is 9.84 Å². The van der Waals surface area contributed by atoms with Crippen LogP contribution < -0.4 is 4.74 Å². The molecule has 0 amide bonds. The van der Waals surface area contributed by atoms with E-state index < -0.39 is 6.10 Å². The molecule has 0 saturated heterocycles. The molecule has 1 aromatic heterocycles. The molecule has 1 aromatic carbocycles. The van der Waals surface area contributed by atoms with E-state index in [1.165, 1.54) is 4.88 Å². The van der Waals surface area contributed by atoms with Gasteiger partial charge in [0.05, 0.1) is 6.10 Å². The lowest BCUT2D eigenvalue weighted by Gasteiger charge is -2.14. The molecule has 0 bridgehead atoms. The molecular formula is C14H16O2S. The first-order valence-corrected chi connectivity index (χ1v) is 6.61. The maximum absolute atomic E-state index is 9.89. The summed E-state index contributed by atoms with van der Waals surface area (Å²) in [6.45, 7) is 2.52. The summed E-state index contributed by atoms with van der Waals surface area (Å²) in [4.78, 5) is 1.19. The second-order valence-corrected chi connectivity index (χ2v) is 4.86. The van der Waals surface area contributed by atoms with Gasteiger partial charge in [-0.3, -0.25) is 0 Å². The fourth-order valence-electron chi connectivity index (χ4n) is 1.65.